The van der Waals surface area contributed by atoms with Gasteiger partial charge in [0.2, 0.25) is 0 Å². The first-order valence-electron chi connectivity index (χ1n) is 4.28. The molecule has 1 heteroatoms. The van der Waals surface area contributed by atoms with Gasteiger partial charge < -0.3 is 4.74 Å². The van der Waals surface area contributed by atoms with Gasteiger partial charge in [-0.1, -0.05) is 23.8 Å². The van der Waals surface area contributed by atoms with Crippen LogP contribution in [0, 0.1) is 0 Å². The highest BCUT2D eigenvalue weighted by Crippen LogP contribution is 2.17. The van der Waals surface area contributed by atoms with Crippen LogP contribution in [0.15, 0.2) is 23.8 Å². The summed E-state index contributed by atoms with van der Waals surface area (Å²) in [6.07, 6.45) is 11.8. The largest absolute Gasteiger partial charge is 0.381 e. The predicted octanol–water partition coefficient (Wildman–Crippen LogP) is 2.69. The highest BCUT2D eigenvalue weighted by atomic mass is 16.5. The molecule has 0 unspecified atom stereocenters. The van der Waals surface area contributed by atoms with Crippen LogP contribution >= 0.6 is 0 Å². The van der Waals surface area contributed by atoms with E-state index in [9.17, 15) is 0 Å². The quantitative estimate of drug-likeness (QED) is 0.604. The number of allylic oxidation sites excluding steroid dienone is 3. The molecular formula is C10H16O. The maximum atomic E-state index is 4.92. The zero-order valence-electron chi connectivity index (χ0n) is 7.18. The second-order valence-electron chi connectivity index (χ2n) is 2.88. The Labute approximate surface area is 68.8 Å². The average molecular weight is 152 g/mol. The summed E-state index contributed by atoms with van der Waals surface area (Å²) in [6.45, 7) is 0.733. The molecule has 0 N–H and O–H groups in total. The van der Waals surface area contributed by atoms with Crippen LogP contribution in [-0.2, 0) is 4.74 Å². The Morgan fingerprint density at radius 2 is 2.45 bits per heavy atom. The van der Waals surface area contributed by atoms with Gasteiger partial charge in [-0.15, -0.1) is 0 Å². The van der Waals surface area contributed by atoms with Gasteiger partial charge in [0.25, 0.3) is 0 Å². The third-order valence-corrected chi connectivity index (χ3v) is 1.92. The van der Waals surface area contributed by atoms with E-state index in [4.69, 9.17) is 4.74 Å². The fourth-order valence-electron chi connectivity index (χ4n) is 1.31. The standard InChI is InChI=1S/C10H16O/c1-11-9-5-8-10-6-3-2-4-7-10/h5-6,8H,2-4,7,9H2,1H3/b8-5+. The maximum Gasteiger partial charge on any atom is 0.0646 e. The Hall–Kier alpha value is -0.560. The Morgan fingerprint density at radius 1 is 1.55 bits per heavy atom. The fraction of sp³-hybridized carbons (Fsp3) is 0.600. The van der Waals surface area contributed by atoms with Gasteiger partial charge in [0, 0.05) is 7.11 Å². The monoisotopic (exact) mass is 152 g/mol. The van der Waals surface area contributed by atoms with E-state index in [-0.39, 0.29) is 0 Å². The van der Waals surface area contributed by atoms with E-state index in [1.807, 2.05) is 0 Å². The fourth-order valence-corrected chi connectivity index (χ4v) is 1.31. The summed E-state index contributed by atoms with van der Waals surface area (Å²) in [4.78, 5) is 0. The van der Waals surface area contributed by atoms with Crippen molar-refractivity contribution in [3.05, 3.63) is 23.8 Å². The van der Waals surface area contributed by atoms with Crippen molar-refractivity contribution in [3.8, 4) is 0 Å². The first-order valence-corrected chi connectivity index (χ1v) is 4.28. The molecule has 1 nitrogen and oxygen atoms in total. The molecule has 1 aliphatic carbocycles. The highest BCUT2D eigenvalue weighted by Gasteiger charge is 1.98. The summed E-state index contributed by atoms with van der Waals surface area (Å²) in [6, 6.07) is 0. The van der Waals surface area contributed by atoms with E-state index in [1.165, 1.54) is 31.3 Å². The molecule has 0 saturated heterocycles. The second-order valence-corrected chi connectivity index (χ2v) is 2.88. The maximum absolute atomic E-state index is 4.92. The van der Waals surface area contributed by atoms with Crippen molar-refractivity contribution in [1.29, 1.82) is 0 Å². The Balaban J connectivity index is 2.29. The molecule has 1 rings (SSSR count). The molecule has 0 amide bonds. The number of hydrogen-bond acceptors (Lipinski definition) is 1. The third-order valence-electron chi connectivity index (χ3n) is 1.92. The van der Waals surface area contributed by atoms with Crippen LogP contribution in [0.25, 0.3) is 0 Å². The molecule has 0 aromatic carbocycles. The molecular weight excluding hydrogens is 136 g/mol. The summed E-state index contributed by atoms with van der Waals surface area (Å²) in [5.74, 6) is 0. The normalized spacial score (nSPS) is 18.8. The average Bonchev–Trinajstić information content (AvgIpc) is 2.07. The lowest BCUT2D eigenvalue weighted by molar-refractivity contribution is 0.234. The molecule has 0 heterocycles. The lowest BCUT2D eigenvalue weighted by Gasteiger charge is -2.07. The van der Waals surface area contributed by atoms with Crippen LogP contribution in [0.2, 0.25) is 0 Å². The molecule has 0 aromatic rings. The zero-order chi connectivity index (χ0) is 7.94. The first-order chi connectivity index (χ1) is 5.43. The van der Waals surface area contributed by atoms with Gasteiger partial charge in [-0.3, -0.25) is 0 Å². The number of hydrogen-bond donors (Lipinski definition) is 0. The number of ether oxygens (including phenoxy) is 1. The predicted molar refractivity (Wildman–Crippen MR) is 47.6 cm³/mol. The summed E-state index contributed by atoms with van der Waals surface area (Å²) in [7, 11) is 1.72. The molecule has 0 bridgehead atoms. The summed E-state index contributed by atoms with van der Waals surface area (Å²) in [5.41, 5.74) is 1.48. The highest BCUT2D eigenvalue weighted by molar-refractivity contribution is 5.19. The minimum atomic E-state index is 0.733. The lowest BCUT2D eigenvalue weighted by Crippen LogP contribution is -1.89. The van der Waals surface area contributed by atoms with Gasteiger partial charge in [-0.2, -0.15) is 0 Å². The molecule has 11 heavy (non-hydrogen) atoms. The van der Waals surface area contributed by atoms with Crippen molar-refractivity contribution >= 4 is 0 Å². The topological polar surface area (TPSA) is 9.23 Å². The van der Waals surface area contributed by atoms with E-state index < -0.39 is 0 Å². The number of methoxy groups -OCH3 is 1. The van der Waals surface area contributed by atoms with Crippen molar-refractivity contribution in [1.82, 2.24) is 0 Å². The lowest BCUT2D eigenvalue weighted by atomic mass is 9.99. The summed E-state index contributed by atoms with van der Waals surface area (Å²) >= 11 is 0. The SMILES string of the molecule is COC/C=C/C1=CCCCC1. The van der Waals surface area contributed by atoms with Gasteiger partial charge in [-0.25, -0.2) is 0 Å². The van der Waals surface area contributed by atoms with Gasteiger partial charge in [0.1, 0.15) is 0 Å². The summed E-state index contributed by atoms with van der Waals surface area (Å²) in [5, 5.41) is 0. The molecule has 0 saturated carbocycles. The van der Waals surface area contributed by atoms with Crippen LogP contribution < -0.4 is 0 Å². The van der Waals surface area contributed by atoms with E-state index in [2.05, 4.69) is 18.2 Å². The van der Waals surface area contributed by atoms with Crippen LogP contribution in [0.3, 0.4) is 0 Å². The Morgan fingerprint density at radius 3 is 3.09 bits per heavy atom. The van der Waals surface area contributed by atoms with Gasteiger partial charge in [0.05, 0.1) is 6.61 Å². The van der Waals surface area contributed by atoms with Gasteiger partial charge in [-0.05, 0) is 25.7 Å². The van der Waals surface area contributed by atoms with E-state index in [1.54, 1.807) is 7.11 Å². The van der Waals surface area contributed by atoms with Crippen molar-refractivity contribution < 1.29 is 4.74 Å². The van der Waals surface area contributed by atoms with Crippen LogP contribution in [0.1, 0.15) is 25.7 Å². The van der Waals surface area contributed by atoms with Crippen LogP contribution in [-0.4, -0.2) is 13.7 Å². The van der Waals surface area contributed by atoms with Crippen molar-refractivity contribution in [3.63, 3.8) is 0 Å². The molecule has 0 radical (unpaired) electrons. The first kappa shape index (κ1) is 8.54. The van der Waals surface area contributed by atoms with Crippen molar-refractivity contribution in [2.24, 2.45) is 0 Å². The van der Waals surface area contributed by atoms with Crippen molar-refractivity contribution in [2.75, 3.05) is 13.7 Å². The molecule has 0 aliphatic heterocycles. The second kappa shape index (κ2) is 5.14. The van der Waals surface area contributed by atoms with E-state index in [0.717, 1.165) is 6.61 Å². The number of rotatable bonds is 3. The summed E-state index contributed by atoms with van der Waals surface area (Å²) < 4.78 is 4.92. The smallest absolute Gasteiger partial charge is 0.0646 e. The van der Waals surface area contributed by atoms with E-state index >= 15 is 0 Å². The zero-order valence-corrected chi connectivity index (χ0v) is 7.18. The van der Waals surface area contributed by atoms with Crippen LogP contribution in [0.5, 0.6) is 0 Å². The minimum Gasteiger partial charge on any atom is -0.381 e. The van der Waals surface area contributed by atoms with E-state index in [0.29, 0.717) is 0 Å². The Bertz CT molecular complexity index is 156. The van der Waals surface area contributed by atoms with Crippen molar-refractivity contribution in [2.45, 2.75) is 25.7 Å². The molecule has 0 spiro atoms. The molecule has 0 atom stereocenters. The third kappa shape index (κ3) is 3.38. The van der Waals surface area contributed by atoms with Crippen LogP contribution in [0.4, 0.5) is 0 Å². The molecule has 0 aromatic heterocycles. The van der Waals surface area contributed by atoms with Gasteiger partial charge >= 0.3 is 0 Å². The molecule has 62 valence electrons. The minimum absolute atomic E-state index is 0.733. The molecule has 1 aliphatic rings. The molecule has 0 fully saturated rings. The van der Waals surface area contributed by atoms with Gasteiger partial charge in [0.15, 0.2) is 0 Å². The Kier molecular flexibility index (Phi) is 3.99.